The second kappa shape index (κ2) is 11.6. The van der Waals surface area contributed by atoms with Gasteiger partial charge in [-0.3, -0.25) is 14.4 Å². The molecular weight excluding hydrogens is 418 g/mol. The largest absolute Gasteiger partial charge is 0.497 e. The van der Waals surface area contributed by atoms with E-state index < -0.39 is 5.41 Å². The van der Waals surface area contributed by atoms with Crippen molar-refractivity contribution in [3.8, 4) is 5.75 Å². The fraction of sp³-hybridized carbons (Fsp3) is 0.444. The van der Waals surface area contributed by atoms with Gasteiger partial charge in [-0.05, 0) is 48.9 Å². The first kappa shape index (κ1) is 24.5. The van der Waals surface area contributed by atoms with Gasteiger partial charge in [-0.25, -0.2) is 0 Å². The molecule has 1 saturated carbocycles. The number of hydrogen-bond donors (Lipinski definition) is 0. The summed E-state index contributed by atoms with van der Waals surface area (Å²) in [6.45, 7) is 1.16. The molecule has 1 amide bonds. The molecule has 0 aliphatic heterocycles. The van der Waals surface area contributed by atoms with Crippen LogP contribution in [0.4, 0.5) is 0 Å². The third-order valence-electron chi connectivity index (χ3n) is 6.36. The zero-order chi connectivity index (χ0) is 23.7. The molecule has 0 heterocycles. The predicted molar refractivity (Wildman–Crippen MR) is 126 cm³/mol. The van der Waals surface area contributed by atoms with Gasteiger partial charge in [0, 0.05) is 32.4 Å². The number of ketones is 1. The number of aryl methyl sites for hydroxylation is 1. The maximum Gasteiger partial charge on any atom is 0.305 e. The average Bonchev–Trinajstić information content (AvgIpc) is 2.83. The standard InChI is InChI=1S/C27H33NO5/c1-32-24-15-13-22(14-16-24)27(19-23(29)20-27)26(31)28(17-7-6-12-25(30)33-2)18-8-11-21-9-4-3-5-10-21/h3-5,9-10,13-16H,6-8,11-12,17-20H2,1-2H3. The summed E-state index contributed by atoms with van der Waals surface area (Å²) >= 11 is 0. The molecule has 0 N–H and O–H groups in total. The third-order valence-corrected chi connectivity index (χ3v) is 6.36. The molecule has 6 heteroatoms. The average molecular weight is 452 g/mol. The Morgan fingerprint density at radius 3 is 2.18 bits per heavy atom. The molecular formula is C27H33NO5. The summed E-state index contributed by atoms with van der Waals surface area (Å²) in [5, 5.41) is 0. The molecule has 0 aromatic heterocycles. The molecule has 6 nitrogen and oxygen atoms in total. The number of Topliss-reactive ketones (excluding diaryl/α,β-unsaturated/α-hetero) is 1. The first-order chi connectivity index (χ1) is 16.0. The third kappa shape index (κ3) is 6.21. The van der Waals surface area contributed by atoms with Crippen LogP contribution in [0.15, 0.2) is 54.6 Å². The number of methoxy groups -OCH3 is 2. The van der Waals surface area contributed by atoms with Crippen LogP contribution in [-0.4, -0.2) is 49.9 Å². The van der Waals surface area contributed by atoms with Crippen LogP contribution in [0.25, 0.3) is 0 Å². The van der Waals surface area contributed by atoms with Crippen molar-refractivity contribution in [2.75, 3.05) is 27.3 Å². The lowest BCUT2D eigenvalue weighted by molar-refractivity contribution is -0.148. The van der Waals surface area contributed by atoms with Crippen molar-refractivity contribution in [1.29, 1.82) is 0 Å². The van der Waals surface area contributed by atoms with Gasteiger partial charge in [0.05, 0.1) is 19.6 Å². The molecule has 0 atom stereocenters. The minimum atomic E-state index is -0.807. The lowest BCUT2D eigenvalue weighted by Gasteiger charge is -2.43. The van der Waals surface area contributed by atoms with Crippen molar-refractivity contribution < 1.29 is 23.9 Å². The van der Waals surface area contributed by atoms with Crippen molar-refractivity contribution in [1.82, 2.24) is 4.90 Å². The molecule has 33 heavy (non-hydrogen) atoms. The van der Waals surface area contributed by atoms with Gasteiger partial charge < -0.3 is 14.4 Å². The monoisotopic (exact) mass is 451 g/mol. The van der Waals surface area contributed by atoms with Crippen molar-refractivity contribution in [2.24, 2.45) is 0 Å². The summed E-state index contributed by atoms with van der Waals surface area (Å²) in [4.78, 5) is 39.2. The Bertz CT molecular complexity index is 931. The molecule has 0 spiro atoms. The minimum Gasteiger partial charge on any atom is -0.497 e. The Labute approximate surface area is 195 Å². The number of carbonyl (C=O) groups is 3. The highest BCUT2D eigenvalue weighted by atomic mass is 16.5. The summed E-state index contributed by atoms with van der Waals surface area (Å²) in [6.07, 6.45) is 3.87. The van der Waals surface area contributed by atoms with E-state index in [1.54, 1.807) is 7.11 Å². The number of amides is 1. The second-order valence-corrected chi connectivity index (χ2v) is 8.62. The van der Waals surface area contributed by atoms with Gasteiger partial charge in [0.25, 0.3) is 0 Å². The molecule has 3 rings (SSSR count). The number of hydrogen-bond acceptors (Lipinski definition) is 5. The van der Waals surface area contributed by atoms with E-state index in [0.29, 0.717) is 32.4 Å². The topological polar surface area (TPSA) is 72.9 Å². The number of nitrogens with zero attached hydrogens (tertiary/aromatic N) is 1. The van der Waals surface area contributed by atoms with Gasteiger partial charge in [-0.15, -0.1) is 0 Å². The minimum absolute atomic E-state index is 0.00148. The predicted octanol–water partition coefficient (Wildman–Crippen LogP) is 4.10. The molecule has 0 saturated heterocycles. The number of rotatable bonds is 12. The number of ether oxygens (including phenoxy) is 2. The lowest BCUT2D eigenvalue weighted by Crippen LogP contribution is -2.55. The number of carbonyl (C=O) groups excluding carboxylic acids is 3. The van der Waals surface area contributed by atoms with Crippen LogP contribution in [0.2, 0.25) is 0 Å². The maximum absolute atomic E-state index is 13.8. The zero-order valence-corrected chi connectivity index (χ0v) is 19.5. The van der Waals surface area contributed by atoms with Crippen LogP contribution < -0.4 is 4.74 Å². The number of benzene rings is 2. The Kier molecular flexibility index (Phi) is 8.64. The first-order valence-electron chi connectivity index (χ1n) is 11.5. The first-order valence-corrected chi connectivity index (χ1v) is 11.5. The Morgan fingerprint density at radius 1 is 0.909 bits per heavy atom. The van der Waals surface area contributed by atoms with Gasteiger partial charge in [-0.2, -0.15) is 0 Å². The fourth-order valence-electron chi connectivity index (χ4n) is 4.42. The highest BCUT2D eigenvalue weighted by Crippen LogP contribution is 2.43. The van der Waals surface area contributed by atoms with E-state index >= 15 is 0 Å². The SMILES string of the molecule is COC(=O)CCCCN(CCCc1ccccc1)C(=O)C1(c2ccc(OC)cc2)CC(=O)C1. The Morgan fingerprint density at radius 2 is 1.58 bits per heavy atom. The molecule has 2 aromatic rings. The Balaban J connectivity index is 1.72. The van der Waals surface area contributed by atoms with Gasteiger partial charge >= 0.3 is 5.97 Å². The van der Waals surface area contributed by atoms with E-state index in [4.69, 9.17) is 9.47 Å². The number of unbranched alkanes of at least 4 members (excludes halogenated alkanes) is 1. The molecule has 176 valence electrons. The van der Waals surface area contributed by atoms with E-state index in [1.807, 2.05) is 47.4 Å². The van der Waals surface area contributed by atoms with Gasteiger partial charge in [-0.1, -0.05) is 42.5 Å². The second-order valence-electron chi connectivity index (χ2n) is 8.62. The summed E-state index contributed by atoms with van der Waals surface area (Å²) in [5.41, 5.74) is 1.29. The highest BCUT2D eigenvalue weighted by molar-refractivity contribution is 6.04. The van der Waals surface area contributed by atoms with E-state index in [1.165, 1.54) is 12.7 Å². The lowest BCUT2D eigenvalue weighted by atomic mass is 9.62. The van der Waals surface area contributed by atoms with Crippen LogP contribution in [-0.2, 0) is 31.0 Å². The van der Waals surface area contributed by atoms with E-state index in [-0.39, 0.29) is 30.5 Å². The molecule has 0 unspecified atom stereocenters. The van der Waals surface area contributed by atoms with Gasteiger partial charge in [0.1, 0.15) is 11.5 Å². The van der Waals surface area contributed by atoms with Crippen molar-refractivity contribution >= 4 is 17.7 Å². The van der Waals surface area contributed by atoms with Crippen LogP contribution in [0.5, 0.6) is 5.75 Å². The van der Waals surface area contributed by atoms with Crippen molar-refractivity contribution in [2.45, 2.75) is 50.4 Å². The van der Waals surface area contributed by atoms with E-state index in [9.17, 15) is 14.4 Å². The van der Waals surface area contributed by atoms with Crippen LogP contribution in [0.3, 0.4) is 0 Å². The van der Waals surface area contributed by atoms with Crippen LogP contribution in [0.1, 0.15) is 49.7 Å². The van der Waals surface area contributed by atoms with Crippen LogP contribution >= 0.6 is 0 Å². The molecule has 1 aliphatic carbocycles. The van der Waals surface area contributed by atoms with Crippen LogP contribution in [0, 0.1) is 0 Å². The quantitative estimate of drug-likeness (QED) is 0.359. The highest BCUT2D eigenvalue weighted by Gasteiger charge is 2.52. The molecule has 0 radical (unpaired) electrons. The van der Waals surface area contributed by atoms with Crippen molar-refractivity contribution in [3.05, 3.63) is 65.7 Å². The van der Waals surface area contributed by atoms with E-state index in [0.717, 1.165) is 24.2 Å². The fourth-order valence-corrected chi connectivity index (χ4v) is 4.42. The molecule has 2 aromatic carbocycles. The molecule has 0 bridgehead atoms. The normalized spacial score (nSPS) is 14.3. The number of esters is 1. The zero-order valence-electron chi connectivity index (χ0n) is 19.5. The van der Waals surface area contributed by atoms with Gasteiger partial charge in [0.2, 0.25) is 5.91 Å². The molecule has 1 fully saturated rings. The summed E-state index contributed by atoms with van der Waals surface area (Å²) in [5.74, 6) is 0.582. The summed E-state index contributed by atoms with van der Waals surface area (Å²) in [6, 6.07) is 17.7. The summed E-state index contributed by atoms with van der Waals surface area (Å²) < 4.78 is 9.97. The van der Waals surface area contributed by atoms with E-state index in [2.05, 4.69) is 12.1 Å². The maximum atomic E-state index is 13.8. The smallest absolute Gasteiger partial charge is 0.305 e. The van der Waals surface area contributed by atoms with Gasteiger partial charge in [0.15, 0.2) is 0 Å². The summed E-state index contributed by atoms with van der Waals surface area (Å²) in [7, 11) is 2.99. The van der Waals surface area contributed by atoms with Crippen molar-refractivity contribution in [3.63, 3.8) is 0 Å². The molecule has 1 aliphatic rings. The Hall–Kier alpha value is -3.15.